The standard InChI is InChI=1S/C14H28N2O/c1-11-6-12(2)9-16(8-11)14(10-17-3)7-15-13-4-5-13/h11-15H,4-10H2,1-3H3. The highest BCUT2D eigenvalue weighted by atomic mass is 16.5. The van der Waals surface area contributed by atoms with Crippen molar-refractivity contribution < 1.29 is 4.74 Å². The fourth-order valence-electron chi connectivity index (χ4n) is 3.09. The molecule has 3 atom stereocenters. The predicted octanol–water partition coefficient (Wildman–Crippen LogP) is 1.73. The van der Waals surface area contributed by atoms with Crippen molar-refractivity contribution in [3.63, 3.8) is 0 Å². The van der Waals surface area contributed by atoms with Gasteiger partial charge in [0, 0.05) is 38.8 Å². The summed E-state index contributed by atoms with van der Waals surface area (Å²) in [5.74, 6) is 1.66. The van der Waals surface area contributed by atoms with Gasteiger partial charge in [-0.3, -0.25) is 4.90 Å². The first-order chi connectivity index (χ1) is 8.19. The molecular weight excluding hydrogens is 212 g/mol. The molecule has 1 heterocycles. The predicted molar refractivity (Wildman–Crippen MR) is 71.2 cm³/mol. The van der Waals surface area contributed by atoms with Gasteiger partial charge in [0.05, 0.1) is 6.61 Å². The summed E-state index contributed by atoms with van der Waals surface area (Å²) >= 11 is 0. The zero-order valence-electron chi connectivity index (χ0n) is 11.6. The molecule has 17 heavy (non-hydrogen) atoms. The van der Waals surface area contributed by atoms with Gasteiger partial charge in [0.25, 0.3) is 0 Å². The highest BCUT2D eigenvalue weighted by Gasteiger charge is 2.29. The molecule has 2 fully saturated rings. The highest BCUT2D eigenvalue weighted by Crippen LogP contribution is 2.23. The van der Waals surface area contributed by atoms with E-state index in [1.165, 1.54) is 32.4 Å². The number of hydrogen-bond donors (Lipinski definition) is 1. The molecular formula is C14H28N2O. The molecule has 2 rings (SSSR count). The Bertz CT molecular complexity index is 220. The summed E-state index contributed by atoms with van der Waals surface area (Å²) in [4.78, 5) is 2.64. The minimum atomic E-state index is 0.561. The molecule has 2 aliphatic rings. The number of methoxy groups -OCH3 is 1. The summed E-state index contributed by atoms with van der Waals surface area (Å²) in [5, 5.41) is 3.65. The van der Waals surface area contributed by atoms with Crippen molar-refractivity contribution in [3.8, 4) is 0 Å². The third-order valence-electron chi connectivity index (χ3n) is 3.99. The van der Waals surface area contributed by atoms with Crippen molar-refractivity contribution in [2.75, 3.05) is 33.4 Å². The van der Waals surface area contributed by atoms with Gasteiger partial charge in [0.2, 0.25) is 0 Å². The van der Waals surface area contributed by atoms with E-state index in [4.69, 9.17) is 4.74 Å². The Hall–Kier alpha value is -0.120. The minimum absolute atomic E-state index is 0.561. The van der Waals surface area contributed by atoms with E-state index in [0.717, 1.165) is 31.0 Å². The second-order valence-electron chi connectivity index (χ2n) is 6.19. The Kier molecular flexibility index (Phi) is 4.83. The lowest BCUT2D eigenvalue weighted by molar-refractivity contribution is 0.0447. The number of ether oxygens (including phenoxy) is 1. The maximum absolute atomic E-state index is 5.40. The fourth-order valence-corrected chi connectivity index (χ4v) is 3.09. The lowest BCUT2D eigenvalue weighted by atomic mass is 9.91. The number of nitrogens with one attached hydrogen (secondary N) is 1. The lowest BCUT2D eigenvalue weighted by Gasteiger charge is -2.40. The summed E-state index contributed by atoms with van der Waals surface area (Å²) in [6, 6.07) is 1.36. The Balaban J connectivity index is 1.83. The first kappa shape index (κ1) is 13.3. The third kappa shape index (κ3) is 4.23. The van der Waals surface area contributed by atoms with Crippen LogP contribution >= 0.6 is 0 Å². The molecule has 3 nitrogen and oxygen atoms in total. The molecule has 0 aromatic rings. The van der Waals surface area contributed by atoms with E-state index < -0.39 is 0 Å². The first-order valence-electron chi connectivity index (χ1n) is 7.15. The van der Waals surface area contributed by atoms with E-state index >= 15 is 0 Å². The normalized spacial score (nSPS) is 32.6. The second kappa shape index (κ2) is 6.17. The molecule has 0 aromatic carbocycles. The summed E-state index contributed by atoms with van der Waals surface area (Å²) in [6.07, 6.45) is 4.12. The van der Waals surface area contributed by atoms with Gasteiger partial charge in [0.15, 0.2) is 0 Å². The van der Waals surface area contributed by atoms with Gasteiger partial charge < -0.3 is 10.1 Å². The second-order valence-corrected chi connectivity index (χ2v) is 6.19. The molecule has 1 N–H and O–H groups in total. The van der Waals surface area contributed by atoms with E-state index in [1.807, 2.05) is 7.11 Å². The number of rotatable bonds is 6. The number of piperidine rings is 1. The summed E-state index contributed by atoms with van der Waals surface area (Å²) in [7, 11) is 1.82. The minimum Gasteiger partial charge on any atom is -0.383 e. The van der Waals surface area contributed by atoms with Gasteiger partial charge in [-0.1, -0.05) is 13.8 Å². The van der Waals surface area contributed by atoms with Crippen molar-refractivity contribution >= 4 is 0 Å². The Morgan fingerprint density at radius 3 is 2.41 bits per heavy atom. The zero-order valence-corrected chi connectivity index (χ0v) is 11.6. The number of likely N-dealkylation sites (tertiary alicyclic amines) is 1. The molecule has 1 saturated carbocycles. The van der Waals surface area contributed by atoms with E-state index in [1.54, 1.807) is 0 Å². The van der Waals surface area contributed by atoms with E-state index in [2.05, 4.69) is 24.1 Å². The SMILES string of the molecule is COCC(CNC1CC1)N1CC(C)CC(C)C1. The summed E-state index contributed by atoms with van der Waals surface area (Å²) < 4.78 is 5.40. The van der Waals surface area contributed by atoms with Crippen LogP contribution in [0.5, 0.6) is 0 Å². The zero-order chi connectivity index (χ0) is 12.3. The van der Waals surface area contributed by atoms with Crippen LogP contribution in [0.15, 0.2) is 0 Å². The summed E-state index contributed by atoms with van der Waals surface area (Å²) in [6.45, 7) is 9.19. The van der Waals surface area contributed by atoms with Crippen LogP contribution < -0.4 is 5.32 Å². The summed E-state index contributed by atoms with van der Waals surface area (Å²) in [5.41, 5.74) is 0. The maximum atomic E-state index is 5.40. The average Bonchev–Trinajstić information content (AvgIpc) is 3.06. The van der Waals surface area contributed by atoms with E-state index in [-0.39, 0.29) is 0 Å². The quantitative estimate of drug-likeness (QED) is 0.765. The fraction of sp³-hybridized carbons (Fsp3) is 1.00. The molecule has 3 heteroatoms. The van der Waals surface area contributed by atoms with Crippen LogP contribution in [0.1, 0.15) is 33.1 Å². The topological polar surface area (TPSA) is 24.5 Å². The van der Waals surface area contributed by atoms with Gasteiger partial charge in [-0.05, 0) is 31.1 Å². The Labute approximate surface area is 106 Å². The van der Waals surface area contributed by atoms with Crippen molar-refractivity contribution in [3.05, 3.63) is 0 Å². The third-order valence-corrected chi connectivity index (χ3v) is 3.99. The first-order valence-corrected chi connectivity index (χ1v) is 7.15. The van der Waals surface area contributed by atoms with Crippen LogP contribution in [0.2, 0.25) is 0 Å². The molecule has 0 radical (unpaired) electrons. The lowest BCUT2D eigenvalue weighted by Crippen LogP contribution is -2.51. The Morgan fingerprint density at radius 1 is 1.24 bits per heavy atom. The molecule has 0 bridgehead atoms. The number of hydrogen-bond acceptors (Lipinski definition) is 3. The maximum Gasteiger partial charge on any atom is 0.0630 e. The van der Waals surface area contributed by atoms with E-state index in [0.29, 0.717) is 6.04 Å². The molecule has 0 aromatic heterocycles. The van der Waals surface area contributed by atoms with Crippen molar-refractivity contribution in [1.82, 2.24) is 10.2 Å². The monoisotopic (exact) mass is 240 g/mol. The highest BCUT2D eigenvalue weighted by molar-refractivity contribution is 4.86. The van der Waals surface area contributed by atoms with Gasteiger partial charge in [-0.25, -0.2) is 0 Å². The molecule has 100 valence electrons. The van der Waals surface area contributed by atoms with Gasteiger partial charge in [-0.15, -0.1) is 0 Å². The van der Waals surface area contributed by atoms with E-state index in [9.17, 15) is 0 Å². The van der Waals surface area contributed by atoms with Crippen LogP contribution in [0.3, 0.4) is 0 Å². The van der Waals surface area contributed by atoms with Crippen LogP contribution in [-0.4, -0.2) is 50.3 Å². The molecule has 1 aliphatic carbocycles. The largest absolute Gasteiger partial charge is 0.383 e. The number of nitrogens with zero attached hydrogens (tertiary/aromatic N) is 1. The molecule has 0 spiro atoms. The molecule has 1 aliphatic heterocycles. The van der Waals surface area contributed by atoms with Crippen molar-refractivity contribution in [2.45, 2.75) is 45.2 Å². The van der Waals surface area contributed by atoms with Gasteiger partial charge in [-0.2, -0.15) is 0 Å². The van der Waals surface area contributed by atoms with Crippen molar-refractivity contribution in [1.29, 1.82) is 0 Å². The van der Waals surface area contributed by atoms with Crippen LogP contribution in [0.4, 0.5) is 0 Å². The van der Waals surface area contributed by atoms with Gasteiger partial charge in [0.1, 0.15) is 0 Å². The van der Waals surface area contributed by atoms with Crippen LogP contribution in [0.25, 0.3) is 0 Å². The van der Waals surface area contributed by atoms with Crippen LogP contribution in [0, 0.1) is 11.8 Å². The van der Waals surface area contributed by atoms with Crippen LogP contribution in [-0.2, 0) is 4.74 Å². The Morgan fingerprint density at radius 2 is 1.88 bits per heavy atom. The molecule has 0 amide bonds. The molecule has 3 unspecified atom stereocenters. The average molecular weight is 240 g/mol. The van der Waals surface area contributed by atoms with Crippen molar-refractivity contribution in [2.24, 2.45) is 11.8 Å². The van der Waals surface area contributed by atoms with Gasteiger partial charge >= 0.3 is 0 Å². The smallest absolute Gasteiger partial charge is 0.0630 e. The molecule has 1 saturated heterocycles.